The lowest BCUT2D eigenvalue weighted by molar-refractivity contribution is -0.144. The third-order valence-corrected chi connectivity index (χ3v) is 2.30. The lowest BCUT2D eigenvalue weighted by atomic mass is 10.2. The lowest BCUT2D eigenvalue weighted by Crippen LogP contribution is -2.20. The van der Waals surface area contributed by atoms with Crippen molar-refractivity contribution in [1.82, 2.24) is 15.1 Å². The van der Waals surface area contributed by atoms with E-state index >= 15 is 0 Å². The van der Waals surface area contributed by atoms with E-state index in [2.05, 4.69) is 10.4 Å². The highest BCUT2D eigenvalue weighted by molar-refractivity contribution is 5.85. The lowest BCUT2D eigenvalue weighted by Gasteiger charge is -2.10. The fraction of sp³-hybridized carbons (Fsp3) is 0.700. The largest absolute Gasteiger partial charge is 0.433 e. The smallest absolute Gasteiger partial charge is 0.385 e. The Labute approximate surface area is 110 Å². The first-order chi connectivity index (χ1) is 7.96. The fourth-order valence-corrected chi connectivity index (χ4v) is 1.54. The molecule has 0 saturated heterocycles. The number of hydrogen-bond acceptors (Lipinski definition) is 3. The zero-order valence-corrected chi connectivity index (χ0v) is 11.1. The summed E-state index contributed by atoms with van der Waals surface area (Å²) < 4.78 is 43.7. The van der Waals surface area contributed by atoms with Gasteiger partial charge in [-0.15, -0.1) is 12.4 Å². The average molecular weight is 288 g/mol. The first-order valence-corrected chi connectivity index (χ1v) is 5.24. The predicted octanol–water partition coefficient (Wildman–Crippen LogP) is 1.99. The second-order valence-electron chi connectivity index (χ2n) is 3.66. The molecule has 18 heavy (non-hydrogen) atoms. The van der Waals surface area contributed by atoms with Gasteiger partial charge in [0.1, 0.15) is 5.69 Å². The van der Waals surface area contributed by atoms with Gasteiger partial charge in [-0.3, -0.25) is 4.68 Å². The molecule has 0 fully saturated rings. The second-order valence-corrected chi connectivity index (χ2v) is 3.66. The molecular formula is C10H17ClF3N3O. The molecule has 1 N–H and O–H groups in total. The first kappa shape index (κ1) is 17.2. The maximum Gasteiger partial charge on any atom is 0.433 e. The van der Waals surface area contributed by atoms with E-state index in [1.807, 2.05) is 0 Å². The Hall–Kier alpha value is -0.790. The van der Waals surface area contributed by atoms with Crippen LogP contribution >= 0.6 is 12.4 Å². The molecule has 0 unspecified atom stereocenters. The van der Waals surface area contributed by atoms with Crippen LogP contribution in [0.3, 0.4) is 0 Å². The Morgan fingerprint density at radius 3 is 2.67 bits per heavy atom. The number of methoxy groups -OCH3 is 1. The Morgan fingerprint density at radius 1 is 1.44 bits per heavy atom. The van der Waals surface area contributed by atoms with Crippen LogP contribution in [0.2, 0.25) is 0 Å². The molecule has 0 aliphatic rings. The number of alkyl halides is 3. The van der Waals surface area contributed by atoms with E-state index < -0.39 is 11.9 Å². The van der Waals surface area contributed by atoms with E-state index in [1.54, 1.807) is 7.11 Å². The molecule has 1 aromatic heterocycles. The van der Waals surface area contributed by atoms with Gasteiger partial charge in [0.15, 0.2) is 0 Å². The summed E-state index contributed by atoms with van der Waals surface area (Å²) in [5.41, 5.74) is -0.533. The number of ether oxygens (including phenoxy) is 1. The molecule has 0 amide bonds. The second kappa shape index (κ2) is 7.60. The molecule has 0 aromatic carbocycles. The predicted molar refractivity (Wildman–Crippen MR) is 63.7 cm³/mol. The van der Waals surface area contributed by atoms with Gasteiger partial charge >= 0.3 is 6.18 Å². The Bertz CT molecular complexity index is 355. The van der Waals surface area contributed by atoms with E-state index in [0.29, 0.717) is 13.2 Å². The number of hydrogen-bond donors (Lipinski definition) is 1. The fourth-order valence-electron chi connectivity index (χ4n) is 1.54. The van der Waals surface area contributed by atoms with E-state index in [9.17, 15) is 13.2 Å². The summed E-state index contributed by atoms with van der Waals surface area (Å²) in [6.45, 7) is 1.36. The summed E-state index contributed by atoms with van der Waals surface area (Å²) in [6, 6.07) is 0. The third-order valence-electron chi connectivity index (χ3n) is 2.30. The number of nitrogens with zero attached hydrogens (tertiary/aromatic N) is 2. The molecule has 106 valence electrons. The molecule has 0 radical (unpaired) electrons. The molecule has 1 heterocycles. The van der Waals surface area contributed by atoms with Gasteiger partial charge in [0.05, 0.1) is 6.20 Å². The molecule has 0 aliphatic heterocycles. The van der Waals surface area contributed by atoms with Crippen LogP contribution in [0.5, 0.6) is 0 Å². The van der Waals surface area contributed by atoms with Crippen molar-refractivity contribution in [2.75, 3.05) is 20.3 Å². The van der Waals surface area contributed by atoms with Gasteiger partial charge < -0.3 is 10.1 Å². The van der Waals surface area contributed by atoms with E-state index in [0.717, 1.165) is 11.1 Å². The van der Waals surface area contributed by atoms with Crippen molar-refractivity contribution in [2.45, 2.75) is 19.1 Å². The summed E-state index contributed by atoms with van der Waals surface area (Å²) in [5, 5.41) is 6.56. The molecule has 8 heteroatoms. The van der Waals surface area contributed by atoms with Gasteiger partial charge in [0.2, 0.25) is 0 Å². The molecule has 4 nitrogen and oxygen atoms in total. The molecular weight excluding hydrogens is 271 g/mol. The summed E-state index contributed by atoms with van der Waals surface area (Å²) in [4.78, 5) is 0. The summed E-state index contributed by atoms with van der Waals surface area (Å²) in [7, 11) is 2.88. The van der Waals surface area contributed by atoms with Gasteiger partial charge in [-0.25, -0.2) is 0 Å². The highest BCUT2D eigenvalue weighted by Crippen LogP contribution is 2.31. The number of nitrogens with one attached hydrogen (secondary N) is 1. The number of aromatic nitrogens is 2. The van der Waals surface area contributed by atoms with Gasteiger partial charge in [-0.2, -0.15) is 18.3 Å². The minimum Gasteiger partial charge on any atom is -0.385 e. The SMILES string of the molecule is COCCCNCc1cnn(C)c1C(F)(F)F.Cl. The zero-order chi connectivity index (χ0) is 12.9. The molecule has 1 rings (SSSR count). The monoisotopic (exact) mass is 287 g/mol. The Morgan fingerprint density at radius 2 is 2.11 bits per heavy atom. The molecule has 0 aliphatic carbocycles. The maximum atomic E-state index is 12.7. The Kier molecular flexibility index (Phi) is 7.27. The zero-order valence-electron chi connectivity index (χ0n) is 10.3. The molecule has 0 bridgehead atoms. The molecule has 0 atom stereocenters. The van der Waals surface area contributed by atoms with Gasteiger partial charge in [0.25, 0.3) is 0 Å². The van der Waals surface area contributed by atoms with Crippen LogP contribution in [0, 0.1) is 0 Å². The van der Waals surface area contributed by atoms with Crippen molar-refractivity contribution in [2.24, 2.45) is 7.05 Å². The summed E-state index contributed by atoms with van der Waals surface area (Å²) in [6.07, 6.45) is -2.36. The highest BCUT2D eigenvalue weighted by atomic mass is 35.5. The van der Waals surface area contributed by atoms with Crippen LogP contribution in [0.1, 0.15) is 17.7 Å². The topological polar surface area (TPSA) is 39.1 Å². The van der Waals surface area contributed by atoms with Crippen LogP contribution in [0.4, 0.5) is 13.2 Å². The van der Waals surface area contributed by atoms with Crippen LogP contribution in [-0.4, -0.2) is 30.0 Å². The van der Waals surface area contributed by atoms with Crippen molar-refractivity contribution >= 4 is 12.4 Å². The standard InChI is InChI=1S/C10H16F3N3O.ClH/c1-16-9(10(11,12)13)8(7-15-16)6-14-4-3-5-17-2;/h7,14H,3-6H2,1-2H3;1H. The maximum absolute atomic E-state index is 12.7. The summed E-state index contributed by atoms with van der Waals surface area (Å²) >= 11 is 0. The van der Waals surface area contributed by atoms with E-state index in [4.69, 9.17) is 4.74 Å². The Balaban J connectivity index is 0.00000289. The number of aryl methyl sites for hydroxylation is 1. The van der Waals surface area contributed by atoms with Crippen LogP contribution < -0.4 is 5.32 Å². The van der Waals surface area contributed by atoms with E-state index in [1.165, 1.54) is 13.2 Å². The molecule has 1 aromatic rings. The minimum absolute atomic E-state index is 0. The average Bonchev–Trinajstić information content (AvgIpc) is 2.59. The normalized spacial score (nSPS) is 11.4. The van der Waals surface area contributed by atoms with Gasteiger partial charge in [-0.05, 0) is 13.0 Å². The van der Waals surface area contributed by atoms with Crippen molar-refractivity contribution in [3.8, 4) is 0 Å². The quantitative estimate of drug-likeness (QED) is 0.813. The highest BCUT2D eigenvalue weighted by Gasteiger charge is 2.36. The number of rotatable bonds is 6. The van der Waals surface area contributed by atoms with E-state index in [-0.39, 0.29) is 24.5 Å². The third kappa shape index (κ3) is 4.83. The summed E-state index contributed by atoms with van der Waals surface area (Å²) in [5.74, 6) is 0. The van der Waals surface area contributed by atoms with Crippen molar-refractivity contribution in [1.29, 1.82) is 0 Å². The molecule has 0 spiro atoms. The molecule has 0 saturated carbocycles. The number of halogens is 4. The van der Waals surface area contributed by atoms with Gasteiger partial charge in [0, 0.05) is 32.9 Å². The van der Waals surface area contributed by atoms with Crippen molar-refractivity contribution in [3.63, 3.8) is 0 Å². The van der Waals surface area contributed by atoms with Crippen LogP contribution in [0.25, 0.3) is 0 Å². The van der Waals surface area contributed by atoms with Gasteiger partial charge in [-0.1, -0.05) is 0 Å². The van der Waals surface area contributed by atoms with Crippen molar-refractivity contribution in [3.05, 3.63) is 17.5 Å². The minimum atomic E-state index is -4.37. The van der Waals surface area contributed by atoms with Crippen LogP contribution in [0.15, 0.2) is 6.20 Å². The first-order valence-electron chi connectivity index (χ1n) is 5.24. The van der Waals surface area contributed by atoms with Crippen molar-refractivity contribution < 1.29 is 17.9 Å². The van der Waals surface area contributed by atoms with Crippen LogP contribution in [-0.2, 0) is 24.5 Å².